The lowest BCUT2D eigenvalue weighted by Crippen LogP contribution is -2.24. The topological polar surface area (TPSA) is 52.8 Å². The summed E-state index contributed by atoms with van der Waals surface area (Å²) in [5.41, 5.74) is 1.02. The Kier molecular flexibility index (Phi) is 4.04. The zero-order valence-corrected chi connectivity index (χ0v) is 9.44. The number of aromatic nitrogens is 2. The van der Waals surface area contributed by atoms with Crippen LogP contribution in [0.25, 0.3) is 0 Å². The molecule has 1 aromatic heterocycles. The fourth-order valence-electron chi connectivity index (χ4n) is 1.33. The van der Waals surface area contributed by atoms with Crippen LogP contribution in [0.3, 0.4) is 0 Å². The van der Waals surface area contributed by atoms with Crippen LogP contribution >= 0.6 is 0 Å². The number of nitriles is 1. The van der Waals surface area contributed by atoms with E-state index in [-0.39, 0.29) is 5.92 Å². The van der Waals surface area contributed by atoms with Gasteiger partial charge in [0, 0.05) is 25.4 Å². The van der Waals surface area contributed by atoms with Gasteiger partial charge < -0.3 is 4.90 Å². The Labute approximate surface area is 90.6 Å². The highest BCUT2D eigenvalue weighted by atomic mass is 15.2. The minimum Gasteiger partial charge on any atom is -0.358 e. The summed E-state index contributed by atoms with van der Waals surface area (Å²) in [6.45, 7) is 4.65. The SMILES string of the molecule is CCc1cc(N(C)CC(C)C#N)ncn1. The molecule has 0 saturated carbocycles. The third-order valence-electron chi connectivity index (χ3n) is 2.23. The average Bonchev–Trinajstić information content (AvgIpc) is 2.28. The van der Waals surface area contributed by atoms with Gasteiger partial charge in [0.05, 0.1) is 12.0 Å². The number of aryl methyl sites for hydroxylation is 1. The van der Waals surface area contributed by atoms with Gasteiger partial charge in [0.2, 0.25) is 0 Å². The second kappa shape index (κ2) is 5.30. The van der Waals surface area contributed by atoms with Gasteiger partial charge in [-0.1, -0.05) is 6.92 Å². The Bertz CT molecular complexity index is 356. The maximum Gasteiger partial charge on any atom is 0.131 e. The zero-order valence-electron chi connectivity index (χ0n) is 9.44. The molecule has 0 amide bonds. The summed E-state index contributed by atoms with van der Waals surface area (Å²) < 4.78 is 0. The van der Waals surface area contributed by atoms with E-state index in [1.165, 1.54) is 0 Å². The maximum atomic E-state index is 8.72. The molecule has 4 nitrogen and oxygen atoms in total. The predicted molar refractivity (Wildman–Crippen MR) is 59.5 cm³/mol. The Hall–Kier alpha value is -1.63. The molecular weight excluding hydrogens is 188 g/mol. The number of rotatable bonds is 4. The van der Waals surface area contributed by atoms with Crippen molar-refractivity contribution in [3.8, 4) is 6.07 Å². The van der Waals surface area contributed by atoms with Crippen molar-refractivity contribution in [2.75, 3.05) is 18.5 Å². The molecule has 1 atom stereocenters. The average molecular weight is 204 g/mol. The fraction of sp³-hybridized carbons (Fsp3) is 0.545. The first kappa shape index (κ1) is 11.4. The molecule has 0 N–H and O–H groups in total. The summed E-state index contributed by atoms with van der Waals surface area (Å²) in [6.07, 6.45) is 2.47. The molecule has 1 aromatic rings. The Morgan fingerprint density at radius 1 is 1.53 bits per heavy atom. The third-order valence-corrected chi connectivity index (χ3v) is 2.23. The normalized spacial score (nSPS) is 11.9. The van der Waals surface area contributed by atoms with Gasteiger partial charge >= 0.3 is 0 Å². The lowest BCUT2D eigenvalue weighted by Gasteiger charge is -2.19. The van der Waals surface area contributed by atoms with Gasteiger partial charge in [-0.05, 0) is 13.3 Å². The van der Waals surface area contributed by atoms with E-state index in [1.54, 1.807) is 6.33 Å². The summed E-state index contributed by atoms with van der Waals surface area (Å²) in [4.78, 5) is 10.3. The molecule has 0 bridgehead atoms. The van der Waals surface area contributed by atoms with E-state index in [2.05, 4.69) is 23.0 Å². The van der Waals surface area contributed by atoms with Crippen molar-refractivity contribution < 1.29 is 0 Å². The monoisotopic (exact) mass is 204 g/mol. The fourth-order valence-corrected chi connectivity index (χ4v) is 1.33. The standard InChI is InChI=1S/C11H16N4/c1-4-10-5-11(14-8-13-10)15(3)7-9(2)6-12/h5,8-9H,4,7H2,1-3H3. The van der Waals surface area contributed by atoms with Crippen molar-refractivity contribution in [3.05, 3.63) is 18.1 Å². The van der Waals surface area contributed by atoms with E-state index in [4.69, 9.17) is 5.26 Å². The van der Waals surface area contributed by atoms with Crippen LogP contribution in [0.15, 0.2) is 12.4 Å². The molecule has 1 rings (SSSR count). The molecule has 0 aliphatic rings. The van der Waals surface area contributed by atoms with Crippen LogP contribution in [-0.2, 0) is 6.42 Å². The van der Waals surface area contributed by atoms with Crippen molar-refractivity contribution in [2.24, 2.45) is 5.92 Å². The Morgan fingerprint density at radius 3 is 2.87 bits per heavy atom. The molecular formula is C11H16N4. The minimum absolute atomic E-state index is 0.00930. The highest BCUT2D eigenvalue weighted by Gasteiger charge is 2.07. The van der Waals surface area contributed by atoms with E-state index in [1.807, 2.05) is 24.9 Å². The highest BCUT2D eigenvalue weighted by molar-refractivity contribution is 5.38. The molecule has 1 unspecified atom stereocenters. The number of anilines is 1. The van der Waals surface area contributed by atoms with E-state index in [0.29, 0.717) is 6.54 Å². The Morgan fingerprint density at radius 2 is 2.27 bits per heavy atom. The first-order valence-corrected chi connectivity index (χ1v) is 5.09. The van der Waals surface area contributed by atoms with Crippen LogP contribution in [0, 0.1) is 17.2 Å². The number of nitrogens with zero attached hydrogens (tertiary/aromatic N) is 4. The van der Waals surface area contributed by atoms with Crippen molar-refractivity contribution in [3.63, 3.8) is 0 Å². The molecule has 0 radical (unpaired) electrons. The van der Waals surface area contributed by atoms with Gasteiger partial charge in [-0.25, -0.2) is 9.97 Å². The van der Waals surface area contributed by atoms with Gasteiger partial charge in [-0.15, -0.1) is 0 Å². The van der Waals surface area contributed by atoms with Gasteiger partial charge in [0.25, 0.3) is 0 Å². The Balaban J connectivity index is 2.73. The first-order chi connectivity index (χ1) is 7.17. The van der Waals surface area contributed by atoms with E-state index < -0.39 is 0 Å². The van der Waals surface area contributed by atoms with E-state index in [0.717, 1.165) is 17.9 Å². The van der Waals surface area contributed by atoms with Gasteiger partial charge in [-0.2, -0.15) is 5.26 Å². The molecule has 0 aromatic carbocycles. The van der Waals surface area contributed by atoms with Gasteiger partial charge in [0.1, 0.15) is 12.1 Å². The molecule has 0 spiro atoms. The van der Waals surface area contributed by atoms with Crippen LogP contribution in [0.1, 0.15) is 19.5 Å². The quantitative estimate of drug-likeness (QED) is 0.748. The summed E-state index contributed by atoms with van der Waals surface area (Å²) >= 11 is 0. The molecule has 0 aliphatic carbocycles. The summed E-state index contributed by atoms with van der Waals surface area (Å²) in [5, 5.41) is 8.72. The van der Waals surface area contributed by atoms with E-state index in [9.17, 15) is 0 Å². The molecule has 1 heterocycles. The predicted octanol–water partition coefficient (Wildman–Crippen LogP) is 1.63. The van der Waals surface area contributed by atoms with Gasteiger partial charge in [-0.3, -0.25) is 0 Å². The van der Waals surface area contributed by atoms with Crippen molar-refractivity contribution in [1.29, 1.82) is 5.26 Å². The lowest BCUT2D eigenvalue weighted by molar-refractivity contribution is 0.708. The molecule has 0 fully saturated rings. The van der Waals surface area contributed by atoms with Crippen molar-refractivity contribution >= 4 is 5.82 Å². The number of hydrogen-bond acceptors (Lipinski definition) is 4. The molecule has 15 heavy (non-hydrogen) atoms. The molecule has 80 valence electrons. The second-order valence-corrected chi connectivity index (χ2v) is 3.63. The highest BCUT2D eigenvalue weighted by Crippen LogP contribution is 2.11. The summed E-state index contributed by atoms with van der Waals surface area (Å²) in [6, 6.07) is 4.17. The van der Waals surface area contributed by atoms with Crippen LogP contribution in [-0.4, -0.2) is 23.6 Å². The first-order valence-electron chi connectivity index (χ1n) is 5.09. The van der Waals surface area contributed by atoms with E-state index >= 15 is 0 Å². The molecule has 4 heteroatoms. The van der Waals surface area contributed by atoms with Crippen molar-refractivity contribution in [2.45, 2.75) is 20.3 Å². The summed E-state index contributed by atoms with van der Waals surface area (Å²) in [5.74, 6) is 0.888. The minimum atomic E-state index is 0.00930. The third kappa shape index (κ3) is 3.21. The maximum absolute atomic E-state index is 8.72. The van der Waals surface area contributed by atoms with Crippen LogP contribution in [0.5, 0.6) is 0 Å². The smallest absolute Gasteiger partial charge is 0.131 e. The van der Waals surface area contributed by atoms with Crippen molar-refractivity contribution in [1.82, 2.24) is 9.97 Å². The van der Waals surface area contributed by atoms with Gasteiger partial charge in [0.15, 0.2) is 0 Å². The number of hydrogen-bond donors (Lipinski definition) is 0. The molecule has 0 saturated heterocycles. The lowest BCUT2D eigenvalue weighted by atomic mass is 10.2. The summed E-state index contributed by atoms with van der Waals surface area (Å²) in [7, 11) is 1.94. The zero-order chi connectivity index (χ0) is 11.3. The van der Waals surface area contributed by atoms with Crippen LogP contribution in [0.2, 0.25) is 0 Å². The van der Waals surface area contributed by atoms with Crippen LogP contribution < -0.4 is 4.90 Å². The largest absolute Gasteiger partial charge is 0.358 e. The molecule has 0 aliphatic heterocycles. The second-order valence-electron chi connectivity index (χ2n) is 3.63. The van der Waals surface area contributed by atoms with Crippen LogP contribution in [0.4, 0.5) is 5.82 Å².